The molecule has 2 aliphatic rings. The molecule has 0 aromatic heterocycles. The lowest BCUT2D eigenvalue weighted by Gasteiger charge is -2.39. The lowest BCUT2D eigenvalue weighted by molar-refractivity contribution is -0.146. The number of benzene rings is 1. The number of nitrogens with zero attached hydrogens (tertiary/aromatic N) is 3. The molecule has 0 aliphatic carbocycles. The number of carbonyl (C=O) groups excluding carboxylic acids is 1. The lowest BCUT2D eigenvalue weighted by atomic mass is 9.78. The van der Waals surface area contributed by atoms with Gasteiger partial charge in [-0.25, -0.2) is 8.78 Å². The summed E-state index contributed by atoms with van der Waals surface area (Å²) in [6, 6.07) is 3.92. The van der Waals surface area contributed by atoms with Crippen LogP contribution in [0.2, 0.25) is 0 Å². The largest absolute Gasteiger partial charge is 0.338 e. The zero-order chi connectivity index (χ0) is 19.1. The maximum atomic E-state index is 14.0. The molecule has 1 aromatic rings. The molecule has 1 aromatic carbocycles. The molecule has 9 heteroatoms. The highest BCUT2D eigenvalue weighted by atomic mass is 32.2. The van der Waals surface area contributed by atoms with E-state index in [0.717, 1.165) is 10.4 Å². The highest BCUT2D eigenvalue weighted by molar-refractivity contribution is 7.86. The third-order valence-electron chi connectivity index (χ3n) is 5.32. The minimum Gasteiger partial charge on any atom is -0.338 e. The van der Waals surface area contributed by atoms with E-state index < -0.39 is 27.3 Å². The van der Waals surface area contributed by atoms with Gasteiger partial charge in [-0.2, -0.15) is 17.0 Å². The zero-order valence-corrected chi connectivity index (χ0v) is 15.7. The monoisotopic (exact) mass is 387 g/mol. The number of carbonyl (C=O) groups is 1. The van der Waals surface area contributed by atoms with Crippen LogP contribution >= 0.6 is 0 Å². The number of rotatable bonds is 4. The van der Waals surface area contributed by atoms with Crippen molar-refractivity contribution in [1.29, 1.82) is 0 Å². The standard InChI is InChI=1S/C17H23F2N3O3S/c1-20(2)26(24,25)22-10-8-17(12-22)7-4-9-21(16(17)23)11-13-5-3-6-14(18)15(13)19/h3,5-6H,4,7-12H2,1-2H3. The zero-order valence-electron chi connectivity index (χ0n) is 14.9. The molecule has 2 heterocycles. The third-order valence-corrected chi connectivity index (χ3v) is 7.21. The molecule has 0 radical (unpaired) electrons. The van der Waals surface area contributed by atoms with Crippen LogP contribution in [0.1, 0.15) is 24.8 Å². The topological polar surface area (TPSA) is 60.9 Å². The molecule has 144 valence electrons. The quantitative estimate of drug-likeness (QED) is 0.788. The van der Waals surface area contributed by atoms with Crippen LogP contribution < -0.4 is 0 Å². The van der Waals surface area contributed by atoms with E-state index in [1.165, 1.54) is 35.4 Å². The van der Waals surface area contributed by atoms with Crippen LogP contribution in [0.5, 0.6) is 0 Å². The fourth-order valence-corrected chi connectivity index (χ4v) is 5.01. The minimum absolute atomic E-state index is 0.00932. The minimum atomic E-state index is -3.58. The summed E-state index contributed by atoms with van der Waals surface area (Å²) in [7, 11) is -0.657. The highest BCUT2D eigenvalue weighted by Gasteiger charge is 2.51. The summed E-state index contributed by atoms with van der Waals surface area (Å²) in [6.45, 7) is 0.866. The van der Waals surface area contributed by atoms with Crippen LogP contribution in [-0.2, 0) is 21.5 Å². The van der Waals surface area contributed by atoms with Gasteiger partial charge in [0.15, 0.2) is 11.6 Å². The van der Waals surface area contributed by atoms with E-state index in [0.29, 0.717) is 25.8 Å². The van der Waals surface area contributed by atoms with Gasteiger partial charge < -0.3 is 4.90 Å². The van der Waals surface area contributed by atoms with Gasteiger partial charge in [0, 0.05) is 45.8 Å². The third kappa shape index (κ3) is 3.23. The molecule has 1 atom stereocenters. The summed E-state index contributed by atoms with van der Waals surface area (Å²) in [4.78, 5) is 14.6. The van der Waals surface area contributed by atoms with E-state index in [9.17, 15) is 22.0 Å². The van der Waals surface area contributed by atoms with Crippen molar-refractivity contribution in [2.45, 2.75) is 25.8 Å². The Hall–Kier alpha value is -1.58. The van der Waals surface area contributed by atoms with E-state index >= 15 is 0 Å². The number of likely N-dealkylation sites (tertiary alicyclic amines) is 1. The first-order chi connectivity index (χ1) is 12.2. The summed E-state index contributed by atoms with van der Waals surface area (Å²) < 4.78 is 54.6. The molecule has 0 bridgehead atoms. The van der Waals surface area contributed by atoms with Crippen molar-refractivity contribution in [3.8, 4) is 0 Å². The SMILES string of the molecule is CN(C)S(=O)(=O)N1CCC2(CCCN(Cc3cccc(F)c3F)C2=O)C1. The summed E-state index contributed by atoms with van der Waals surface area (Å²) in [6.07, 6.45) is 1.76. The van der Waals surface area contributed by atoms with Crippen molar-refractivity contribution < 1.29 is 22.0 Å². The molecule has 1 unspecified atom stereocenters. The molecule has 3 rings (SSSR count). The van der Waals surface area contributed by atoms with Crippen LogP contribution in [0.25, 0.3) is 0 Å². The maximum Gasteiger partial charge on any atom is 0.281 e. The number of amides is 1. The first-order valence-corrected chi connectivity index (χ1v) is 9.97. The van der Waals surface area contributed by atoms with E-state index in [4.69, 9.17) is 0 Å². The van der Waals surface area contributed by atoms with E-state index in [2.05, 4.69) is 0 Å². The molecule has 1 amide bonds. The summed E-state index contributed by atoms with van der Waals surface area (Å²) >= 11 is 0. The van der Waals surface area contributed by atoms with Crippen LogP contribution in [0.3, 0.4) is 0 Å². The predicted molar refractivity (Wildman–Crippen MR) is 92.2 cm³/mol. The summed E-state index contributed by atoms with van der Waals surface area (Å²) in [5, 5.41) is 0. The number of halogens is 2. The molecule has 1 spiro atoms. The van der Waals surface area contributed by atoms with Crippen molar-refractivity contribution in [2.24, 2.45) is 5.41 Å². The van der Waals surface area contributed by atoms with Gasteiger partial charge in [-0.3, -0.25) is 4.79 Å². The second-order valence-corrected chi connectivity index (χ2v) is 9.34. The number of piperidine rings is 1. The average molecular weight is 387 g/mol. The highest BCUT2D eigenvalue weighted by Crippen LogP contribution is 2.41. The van der Waals surface area contributed by atoms with E-state index in [1.807, 2.05) is 0 Å². The summed E-state index contributed by atoms with van der Waals surface area (Å²) in [5.74, 6) is -2.06. The number of hydrogen-bond acceptors (Lipinski definition) is 3. The molecule has 0 saturated carbocycles. The molecule has 26 heavy (non-hydrogen) atoms. The Labute approximate surface area is 152 Å². The van der Waals surface area contributed by atoms with Crippen molar-refractivity contribution in [2.75, 3.05) is 33.7 Å². The van der Waals surface area contributed by atoms with Crippen molar-refractivity contribution >= 4 is 16.1 Å². The van der Waals surface area contributed by atoms with Gasteiger partial charge in [0.1, 0.15) is 0 Å². The normalized spacial score (nSPS) is 24.8. The van der Waals surface area contributed by atoms with Gasteiger partial charge in [0.25, 0.3) is 10.2 Å². The first kappa shape index (κ1) is 19.2. The molecule has 6 nitrogen and oxygen atoms in total. The fourth-order valence-electron chi connectivity index (χ4n) is 3.82. The summed E-state index contributed by atoms with van der Waals surface area (Å²) in [5.41, 5.74) is -0.642. The molecular weight excluding hydrogens is 364 g/mol. The van der Waals surface area contributed by atoms with Crippen molar-refractivity contribution in [3.63, 3.8) is 0 Å². The van der Waals surface area contributed by atoms with Crippen LogP contribution in [0, 0.1) is 17.0 Å². The Morgan fingerprint density at radius 1 is 1.19 bits per heavy atom. The average Bonchev–Trinajstić information content (AvgIpc) is 3.02. The predicted octanol–water partition coefficient (Wildman–Crippen LogP) is 1.59. The Bertz CT molecular complexity index is 815. The van der Waals surface area contributed by atoms with Gasteiger partial charge >= 0.3 is 0 Å². The van der Waals surface area contributed by atoms with Gasteiger partial charge in [0.2, 0.25) is 5.91 Å². The van der Waals surface area contributed by atoms with Crippen LogP contribution in [0.4, 0.5) is 8.78 Å². The van der Waals surface area contributed by atoms with E-state index in [1.54, 1.807) is 0 Å². The first-order valence-electron chi connectivity index (χ1n) is 8.57. The molecular formula is C17H23F2N3O3S. The van der Waals surface area contributed by atoms with Crippen LogP contribution in [-0.4, -0.2) is 61.6 Å². The maximum absolute atomic E-state index is 14.0. The van der Waals surface area contributed by atoms with Gasteiger partial charge in [-0.05, 0) is 25.3 Å². The van der Waals surface area contributed by atoms with Crippen molar-refractivity contribution in [1.82, 2.24) is 13.5 Å². The Morgan fingerprint density at radius 2 is 1.92 bits per heavy atom. The van der Waals surface area contributed by atoms with Crippen molar-refractivity contribution in [3.05, 3.63) is 35.4 Å². The van der Waals surface area contributed by atoms with Gasteiger partial charge in [-0.1, -0.05) is 12.1 Å². The smallest absolute Gasteiger partial charge is 0.281 e. The van der Waals surface area contributed by atoms with Gasteiger partial charge in [-0.15, -0.1) is 0 Å². The number of hydrogen-bond donors (Lipinski definition) is 0. The Balaban J connectivity index is 1.79. The fraction of sp³-hybridized carbons (Fsp3) is 0.588. The Kier molecular flexibility index (Phi) is 5.06. The molecule has 0 N–H and O–H groups in total. The second kappa shape index (κ2) is 6.86. The van der Waals surface area contributed by atoms with E-state index in [-0.39, 0.29) is 31.1 Å². The van der Waals surface area contributed by atoms with Gasteiger partial charge in [0.05, 0.1) is 5.41 Å². The molecule has 2 aliphatic heterocycles. The Morgan fingerprint density at radius 3 is 2.62 bits per heavy atom. The second-order valence-electron chi connectivity index (χ2n) is 7.20. The van der Waals surface area contributed by atoms with Crippen LogP contribution in [0.15, 0.2) is 18.2 Å². The molecule has 2 fully saturated rings. The molecule has 2 saturated heterocycles. The lowest BCUT2D eigenvalue weighted by Crippen LogP contribution is -2.50.